The van der Waals surface area contributed by atoms with Crippen LogP contribution >= 0.6 is 0 Å². The molecule has 1 heterocycles. The summed E-state index contributed by atoms with van der Waals surface area (Å²) in [6.07, 6.45) is 3.70. The van der Waals surface area contributed by atoms with Gasteiger partial charge < -0.3 is 10.4 Å². The van der Waals surface area contributed by atoms with Crippen molar-refractivity contribution < 1.29 is 9.90 Å². The summed E-state index contributed by atoms with van der Waals surface area (Å²) in [5.74, 6) is 1.34. The van der Waals surface area contributed by atoms with Crippen molar-refractivity contribution in [2.75, 3.05) is 19.6 Å². The van der Waals surface area contributed by atoms with Crippen LogP contribution in [0.1, 0.15) is 40.0 Å². The Balaban J connectivity index is 2.16. The van der Waals surface area contributed by atoms with E-state index in [1.54, 1.807) is 0 Å². The Morgan fingerprint density at radius 2 is 2.11 bits per heavy atom. The fraction of sp³-hybridized carbons (Fsp3) is 0.933. The third-order valence-corrected chi connectivity index (χ3v) is 4.98. The maximum absolute atomic E-state index is 11.5. The van der Waals surface area contributed by atoms with Gasteiger partial charge in [-0.25, -0.2) is 0 Å². The number of hydrogen-bond acceptors (Lipinski definition) is 3. The summed E-state index contributed by atoms with van der Waals surface area (Å²) in [6.45, 7) is 9.25. The van der Waals surface area contributed by atoms with E-state index in [1.165, 1.54) is 12.8 Å². The van der Waals surface area contributed by atoms with Crippen molar-refractivity contribution in [2.24, 2.45) is 17.8 Å². The Morgan fingerprint density at radius 3 is 2.74 bits per heavy atom. The first-order chi connectivity index (χ1) is 9.00. The minimum atomic E-state index is -0.673. The predicted octanol–water partition coefficient (Wildman–Crippen LogP) is 1.81. The molecule has 0 aromatic rings. The molecule has 4 atom stereocenters. The molecule has 1 saturated heterocycles. The second kappa shape index (κ2) is 6.23. The van der Waals surface area contributed by atoms with Crippen LogP contribution in [0.4, 0.5) is 0 Å². The Hall–Kier alpha value is -0.610. The lowest BCUT2D eigenvalue weighted by Gasteiger charge is -2.47. The molecule has 0 aromatic heterocycles. The molecule has 1 aliphatic carbocycles. The van der Waals surface area contributed by atoms with Gasteiger partial charge in [-0.15, -0.1) is 0 Å². The lowest BCUT2D eigenvalue weighted by atomic mass is 9.73. The molecule has 0 aromatic carbocycles. The van der Waals surface area contributed by atoms with Gasteiger partial charge in [0.05, 0.1) is 0 Å². The SMILES string of the molecule is CC1CCC(C(C)C)C(N2CCNCC2C(=O)O)C1. The molecule has 2 N–H and O–H groups in total. The van der Waals surface area contributed by atoms with Gasteiger partial charge in [-0.2, -0.15) is 0 Å². The molecule has 2 aliphatic rings. The summed E-state index contributed by atoms with van der Waals surface area (Å²) < 4.78 is 0. The van der Waals surface area contributed by atoms with E-state index in [9.17, 15) is 9.90 Å². The van der Waals surface area contributed by atoms with Crippen LogP contribution < -0.4 is 5.32 Å². The minimum Gasteiger partial charge on any atom is -0.480 e. The molecule has 110 valence electrons. The Bertz CT molecular complexity index is 319. The molecule has 4 unspecified atom stereocenters. The fourth-order valence-corrected chi connectivity index (χ4v) is 3.88. The van der Waals surface area contributed by atoms with E-state index in [2.05, 4.69) is 31.0 Å². The number of nitrogens with zero attached hydrogens (tertiary/aromatic N) is 1. The highest BCUT2D eigenvalue weighted by atomic mass is 16.4. The average molecular weight is 268 g/mol. The third-order valence-electron chi connectivity index (χ3n) is 4.98. The summed E-state index contributed by atoms with van der Waals surface area (Å²) >= 11 is 0. The predicted molar refractivity (Wildman–Crippen MR) is 76.1 cm³/mol. The van der Waals surface area contributed by atoms with Gasteiger partial charge in [0.15, 0.2) is 0 Å². The zero-order chi connectivity index (χ0) is 14.0. The maximum atomic E-state index is 11.5. The van der Waals surface area contributed by atoms with Crippen molar-refractivity contribution in [1.82, 2.24) is 10.2 Å². The number of carboxylic acid groups (broad SMARTS) is 1. The van der Waals surface area contributed by atoms with E-state index >= 15 is 0 Å². The third kappa shape index (κ3) is 3.29. The number of aliphatic carboxylic acids is 1. The van der Waals surface area contributed by atoms with Crippen molar-refractivity contribution in [3.05, 3.63) is 0 Å². The van der Waals surface area contributed by atoms with Crippen molar-refractivity contribution in [3.8, 4) is 0 Å². The van der Waals surface area contributed by atoms with Crippen molar-refractivity contribution in [2.45, 2.75) is 52.1 Å². The molecule has 0 radical (unpaired) electrons. The van der Waals surface area contributed by atoms with E-state index < -0.39 is 5.97 Å². The second-order valence-corrected chi connectivity index (χ2v) is 6.69. The molecule has 2 fully saturated rings. The first-order valence-corrected chi connectivity index (χ1v) is 7.70. The quantitative estimate of drug-likeness (QED) is 0.819. The molecule has 19 heavy (non-hydrogen) atoms. The monoisotopic (exact) mass is 268 g/mol. The summed E-state index contributed by atoms with van der Waals surface area (Å²) in [7, 11) is 0. The van der Waals surface area contributed by atoms with Crippen LogP contribution in [0.15, 0.2) is 0 Å². The van der Waals surface area contributed by atoms with E-state index in [4.69, 9.17) is 0 Å². The van der Waals surface area contributed by atoms with Crippen molar-refractivity contribution in [3.63, 3.8) is 0 Å². The molecule has 2 rings (SSSR count). The molecule has 4 nitrogen and oxygen atoms in total. The molecular weight excluding hydrogens is 240 g/mol. The zero-order valence-electron chi connectivity index (χ0n) is 12.4. The maximum Gasteiger partial charge on any atom is 0.322 e. The lowest BCUT2D eigenvalue weighted by molar-refractivity contribution is -0.146. The summed E-state index contributed by atoms with van der Waals surface area (Å²) in [5.41, 5.74) is 0. The number of hydrogen-bond donors (Lipinski definition) is 2. The number of nitrogens with one attached hydrogen (secondary N) is 1. The fourth-order valence-electron chi connectivity index (χ4n) is 3.88. The molecule has 0 amide bonds. The summed E-state index contributed by atoms with van der Waals surface area (Å²) in [6, 6.07) is 0.109. The first-order valence-electron chi connectivity index (χ1n) is 7.70. The smallest absolute Gasteiger partial charge is 0.322 e. The zero-order valence-corrected chi connectivity index (χ0v) is 12.4. The molecule has 4 heteroatoms. The van der Waals surface area contributed by atoms with Crippen LogP contribution in [0.3, 0.4) is 0 Å². The van der Waals surface area contributed by atoms with Gasteiger partial charge >= 0.3 is 5.97 Å². The van der Waals surface area contributed by atoms with E-state index in [0.717, 1.165) is 25.4 Å². The molecule has 1 aliphatic heterocycles. The standard InChI is InChI=1S/C15H28N2O2/c1-10(2)12-5-4-11(3)8-13(12)17-7-6-16-9-14(17)15(18)19/h10-14,16H,4-9H2,1-3H3,(H,18,19). The van der Waals surface area contributed by atoms with Crippen LogP contribution in [0.5, 0.6) is 0 Å². The van der Waals surface area contributed by atoms with Gasteiger partial charge in [0.25, 0.3) is 0 Å². The normalized spacial score (nSPS) is 37.5. The Labute approximate surface area is 116 Å². The minimum absolute atomic E-state index is 0.342. The van der Waals surface area contributed by atoms with Crippen LogP contribution in [0.25, 0.3) is 0 Å². The van der Waals surface area contributed by atoms with Crippen molar-refractivity contribution in [1.29, 1.82) is 0 Å². The topological polar surface area (TPSA) is 52.6 Å². The first kappa shape index (κ1) is 14.8. The highest BCUT2D eigenvalue weighted by Gasteiger charge is 2.40. The van der Waals surface area contributed by atoms with Crippen LogP contribution in [0.2, 0.25) is 0 Å². The molecule has 0 spiro atoms. The van der Waals surface area contributed by atoms with E-state index in [1.807, 2.05) is 0 Å². The number of carbonyl (C=O) groups is 1. The van der Waals surface area contributed by atoms with E-state index in [-0.39, 0.29) is 6.04 Å². The van der Waals surface area contributed by atoms with Gasteiger partial charge in [0.1, 0.15) is 6.04 Å². The van der Waals surface area contributed by atoms with Crippen LogP contribution in [-0.4, -0.2) is 47.7 Å². The van der Waals surface area contributed by atoms with Crippen molar-refractivity contribution >= 4 is 5.97 Å². The van der Waals surface area contributed by atoms with E-state index in [0.29, 0.717) is 24.4 Å². The molecular formula is C15H28N2O2. The number of piperazine rings is 1. The summed E-state index contributed by atoms with van der Waals surface area (Å²) in [4.78, 5) is 13.8. The summed E-state index contributed by atoms with van der Waals surface area (Å²) in [5, 5.41) is 12.7. The Kier molecular flexibility index (Phi) is 4.85. The largest absolute Gasteiger partial charge is 0.480 e. The molecule has 0 bridgehead atoms. The lowest BCUT2D eigenvalue weighted by Crippen LogP contribution is -2.61. The number of rotatable bonds is 3. The van der Waals surface area contributed by atoms with Crippen LogP contribution in [-0.2, 0) is 4.79 Å². The Morgan fingerprint density at radius 1 is 1.37 bits per heavy atom. The molecule has 1 saturated carbocycles. The second-order valence-electron chi connectivity index (χ2n) is 6.69. The van der Waals surface area contributed by atoms with Gasteiger partial charge in [0, 0.05) is 25.7 Å². The highest BCUT2D eigenvalue weighted by molar-refractivity contribution is 5.74. The van der Waals surface area contributed by atoms with Gasteiger partial charge in [-0.1, -0.05) is 27.2 Å². The van der Waals surface area contributed by atoms with Gasteiger partial charge in [-0.05, 0) is 30.6 Å². The van der Waals surface area contributed by atoms with Gasteiger partial charge in [-0.3, -0.25) is 9.69 Å². The highest BCUT2D eigenvalue weighted by Crippen LogP contribution is 2.37. The average Bonchev–Trinajstić information content (AvgIpc) is 2.38. The van der Waals surface area contributed by atoms with Crippen LogP contribution in [0, 0.1) is 17.8 Å². The van der Waals surface area contributed by atoms with Gasteiger partial charge in [0.2, 0.25) is 0 Å². The number of carboxylic acids is 1.